The second-order valence-corrected chi connectivity index (χ2v) is 3.58. The van der Waals surface area contributed by atoms with Crippen LogP contribution in [0.4, 0.5) is 0 Å². The highest BCUT2D eigenvalue weighted by Gasteiger charge is 2.42. The second kappa shape index (κ2) is 4.22. The minimum Gasteiger partial charge on any atom is -0.390 e. The molecule has 6 heteroatoms. The van der Waals surface area contributed by atoms with Crippen LogP contribution < -0.4 is 5.32 Å². The molecule has 0 bridgehead atoms. The quantitative estimate of drug-likeness (QED) is 0.321. The van der Waals surface area contributed by atoms with Gasteiger partial charge in [0.2, 0.25) is 5.91 Å². The summed E-state index contributed by atoms with van der Waals surface area (Å²) >= 11 is 0. The van der Waals surface area contributed by atoms with E-state index < -0.39 is 30.5 Å². The molecule has 1 aliphatic carbocycles. The van der Waals surface area contributed by atoms with Crippen molar-refractivity contribution < 1.29 is 25.2 Å². The zero-order chi connectivity index (χ0) is 10.9. The molecule has 0 saturated heterocycles. The molecule has 14 heavy (non-hydrogen) atoms. The van der Waals surface area contributed by atoms with Crippen LogP contribution in [0.25, 0.3) is 0 Å². The van der Waals surface area contributed by atoms with Crippen LogP contribution in [0.3, 0.4) is 0 Å². The van der Waals surface area contributed by atoms with Gasteiger partial charge in [-0.1, -0.05) is 0 Å². The van der Waals surface area contributed by atoms with E-state index in [4.69, 9.17) is 0 Å². The fourth-order valence-corrected chi connectivity index (χ4v) is 1.61. The van der Waals surface area contributed by atoms with Gasteiger partial charge in [0.25, 0.3) is 0 Å². The molecule has 0 aliphatic heterocycles. The van der Waals surface area contributed by atoms with Crippen LogP contribution in [0.5, 0.6) is 0 Å². The first-order chi connectivity index (χ1) is 6.43. The summed E-state index contributed by atoms with van der Waals surface area (Å²) in [4.78, 5) is 10.7. The van der Waals surface area contributed by atoms with Gasteiger partial charge in [-0.05, 0) is 6.42 Å². The highest BCUT2D eigenvalue weighted by atomic mass is 16.4. The lowest BCUT2D eigenvalue weighted by Crippen LogP contribution is -2.60. The Bertz CT molecular complexity index is 222. The molecular formula is C8H15NO5. The number of rotatable bonds is 1. The average Bonchev–Trinajstić information content (AvgIpc) is 2.10. The van der Waals surface area contributed by atoms with Gasteiger partial charge in [0.1, 0.15) is 18.3 Å². The van der Waals surface area contributed by atoms with E-state index >= 15 is 0 Å². The third-order valence-corrected chi connectivity index (χ3v) is 2.39. The van der Waals surface area contributed by atoms with Gasteiger partial charge in [-0.25, -0.2) is 0 Å². The van der Waals surface area contributed by atoms with Gasteiger partial charge in [-0.3, -0.25) is 4.79 Å². The number of nitrogens with one attached hydrogen (secondary N) is 1. The number of carbonyl (C=O) groups is 1. The van der Waals surface area contributed by atoms with Crippen LogP contribution >= 0.6 is 0 Å². The third-order valence-electron chi connectivity index (χ3n) is 2.39. The Labute approximate surface area is 81.2 Å². The van der Waals surface area contributed by atoms with E-state index in [1.165, 1.54) is 6.92 Å². The molecule has 1 aliphatic rings. The zero-order valence-electron chi connectivity index (χ0n) is 7.79. The molecule has 1 saturated carbocycles. The number of carbonyl (C=O) groups excluding carboxylic acids is 1. The normalized spacial score (nSPS) is 43.4. The van der Waals surface area contributed by atoms with Crippen molar-refractivity contribution >= 4 is 5.91 Å². The molecule has 1 amide bonds. The molecule has 82 valence electrons. The van der Waals surface area contributed by atoms with Crippen molar-refractivity contribution in [1.29, 1.82) is 0 Å². The first-order valence-electron chi connectivity index (χ1n) is 4.43. The van der Waals surface area contributed by atoms with Crippen LogP contribution in [-0.4, -0.2) is 56.8 Å². The van der Waals surface area contributed by atoms with Crippen molar-refractivity contribution in [3.63, 3.8) is 0 Å². The van der Waals surface area contributed by atoms with Gasteiger partial charge in [-0.2, -0.15) is 0 Å². The molecule has 0 heterocycles. The summed E-state index contributed by atoms with van der Waals surface area (Å²) in [6, 6.07) is -0.721. The fraction of sp³-hybridized carbons (Fsp3) is 0.875. The highest BCUT2D eigenvalue weighted by Crippen LogP contribution is 2.20. The lowest BCUT2D eigenvalue weighted by molar-refractivity contribution is -0.150. The SMILES string of the molecule is CC(=O)N[C@H]1C[C@@H](O)[C@H](O)[C@@H](O)[C@@H]1O. The van der Waals surface area contributed by atoms with Crippen molar-refractivity contribution in [1.82, 2.24) is 5.32 Å². The standard InChI is InChI=1S/C8H15NO5/c1-3(10)9-4-2-5(11)7(13)8(14)6(4)12/h4-8,11-14H,2H2,1H3,(H,9,10)/t4-,5+,6+,7-,8-/m0/s1. The molecule has 0 aromatic carbocycles. The number of hydrogen-bond donors (Lipinski definition) is 5. The van der Waals surface area contributed by atoms with Crippen molar-refractivity contribution in [3.05, 3.63) is 0 Å². The molecule has 1 fully saturated rings. The Kier molecular flexibility index (Phi) is 3.43. The Morgan fingerprint density at radius 3 is 2.21 bits per heavy atom. The Balaban J connectivity index is 2.65. The number of aliphatic hydroxyl groups excluding tert-OH is 4. The van der Waals surface area contributed by atoms with Gasteiger partial charge in [0.15, 0.2) is 0 Å². The Hall–Kier alpha value is -0.690. The van der Waals surface area contributed by atoms with Crippen LogP contribution in [0.1, 0.15) is 13.3 Å². The summed E-state index contributed by atoms with van der Waals surface area (Å²) in [5, 5.41) is 39.6. The molecule has 0 unspecified atom stereocenters. The van der Waals surface area contributed by atoms with Crippen LogP contribution in [0.15, 0.2) is 0 Å². The van der Waals surface area contributed by atoms with Crippen LogP contribution in [0, 0.1) is 0 Å². The van der Waals surface area contributed by atoms with Gasteiger partial charge in [-0.15, -0.1) is 0 Å². The lowest BCUT2D eigenvalue weighted by atomic mass is 9.85. The summed E-state index contributed by atoms with van der Waals surface area (Å²) in [5.41, 5.74) is 0. The summed E-state index contributed by atoms with van der Waals surface area (Å²) < 4.78 is 0. The maximum absolute atomic E-state index is 10.7. The first kappa shape index (κ1) is 11.4. The van der Waals surface area contributed by atoms with Gasteiger partial charge in [0, 0.05) is 6.92 Å². The minimum atomic E-state index is -1.43. The van der Waals surface area contributed by atoms with Gasteiger partial charge < -0.3 is 25.7 Å². The van der Waals surface area contributed by atoms with Crippen LogP contribution in [-0.2, 0) is 4.79 Å². The monoisotopic (exact) mass is 205 g/mol. The van der Waals surface area contributed by atoms with E-state index in [0.29, 0.717) is 0 Å². The number of amides is 1. The molecule has 0 aromatic heterocycles. The van der Waals surface area contributed by atoms with Crippen molar-refractivity contribution in [2.24, 2.45) is 0 Å². The number of hydrogen-bond acceptors (Lipinski definition) is 5. The summed E-state index contributed by atoms with van der Waals surface area (Å²) in [7, 11) is 0. The van der Waals surface area contributed by atoms with E-state index in [9.17, 15) is 25.2 Å². The van der Waals surface area contributed by atoms with Crippen molar-refractivity contribution in [2.75, 3.05) is 0 Å². The molecule has 0 radical (unpaired) electrons. The maximum Gasteiger partial charge on any atom is 0.217 e. The molecule has 0 aromatic rings. The zero-order valence-corrected chi connectivity index (χ0v) is 7.79. The highest BCUT2D eigenvalue weighted by molar-refractivity contribution is 5.73. The number of aliphatic hydroxyl groups is 4. The minimum absolute atomic E-state index is 0.0268. The molecule has 6 nitrogen and oxygen atoms in total. The first-order valence-corrected chi connectivity index (χ1v) is 4.43. The molecular weight excluding hydrogens is 190 g/mol. The molecule has 5 N–H and O–H groups in total. The van der Waals surface area contributed by atoms with E-state index in [0.717, 1.165) is 0 Å². The third kappa shape index (κ3) is 2.21. The Morgan fingerprint density at radius 2 is 1.71 bits per heavy atom. The molecule has 0 spiro atoms. The predicted molar refractivity (Wildman–Crippen MR) is 46.2 cm³/mol. The maximum atomic E-state index is 10.7. The predicted octanol–water partition coefficient (Wildman–Crippen LogP) is -2.66. The lowest BCUT2D eigenvalue weighted by Gasteiger charge is -2.38. The summed E-state index contributed by atoms with van der Waals surface area (Å²) in [5.74, 6) is -0.357. The Morgan fingerprint density at radius 1 is 1.14 bits per heavy atom. The van der Waals surface area contributed by atoms with Gasteiger partial charge >= 0.3 is 0 Å². The van der Waals surface area contributed by atoms with Crippen LogP contribution in [0.2, 0.25) is 0 Å². The summed E-state index contributed by atoms with van der Waals surface area (Å²) in [6.07, 6.45) is -5.16. The van der Waals surface area contributed by atoms with Crippen molar-refractivity contribution in [2.45, 2.75) is 43.8 Å². The van der Waals surface area contributed by atoms with E-state index in [1.807, 2.05) is 0 Å². The van der Waals surface area contributed by atoms with Gasteiger partial charge in [0.05, 0.1) is 12.1 Å². The van der Waals surface area contributed by atoms with Crippen molar-refractivity contribution in [3.8, 4) is 0 Å². The summed E-state index contributed by atoms with van der Waals surface area (Å²) in [6.45, 7) is 1.27. The van der Waals surface area contributed by atoms with E-state index in [1.54, 1.807) is 0 Å². The van der Waals surface area contributed by atoms with E-state index in [2.05, 4.69) is 5.32 Å². The largest absolute Gasteiger partial charge is 0.390 e. The molecule has 5 atom stereocenters. The fourth-order valence-electron chi connectivity index (χ4n) is 1.61. The smallest absolute Gasteiger partial charge is 0.217 e. The topological polar surface area (TPSA) is 110 Å². The molecule has 1 rings (SSSR count). The average molecular weight is 205 g/mol. The second-order valence-electron chi connectivity index (χ2n) is 3.58. The van der Waals surface area contributed by atoms with E-state index in [-0.39, 0.29) is 12.3 Å².